The number of likely N-dealkylation sites (tertiary alicyclic amines) is 1. The summed E-state index contributed by atoms with van der Waals surface area (Å²) in [5.74, 6) is -0.557. The zero-order chi connectivity index (χ0) is 24.9. The van der Waals surface area contributed by atoms with E-state index in [2.05, 4.69) is 21.2 Å². The standard InChI is InChI=1S/C24H27BrN2O7/c1-24(2,3)34-21(28)19-18(26-22(29)33-13-15-7-5-4-6-8-15)10-9-17(25)20(19)32-14-16-11-12-27(16)23(30)31/h4-10,16H,11-14H2,1-3H3,(H,26,29)(H,30,31)/t16-/m1/s1. The Morgan fingerprint density at radius 3 is 2.44 bits per heavy atom. The fourth-order valence-corrected chi connectivity index (χ4v) is 3.69. The molecule has 182 valence electrons. The molecule has 0 bridgehead atoms. The van der Waals surface area contributed by atoms with E-state index in [0.29, 0.717) is 17.4 Å². The summed E-state index contributed by atoms with van der Waals surface area (Å²) < 4.78 is 17.2. The molecule has 1 atom stereocenters. The Balaban J connectivity index is 1.82. The molecule has 1 heterocycles. The van der Waals surface area contributed by atoms with Gasteiger partial charge in [0.1, 0.15) is 30.1 Å². The van der Waals surface area contributed by atoms with Crippen LogP contribution in [0.25, 0.3) is 0 Å². The van der Waals surface area contributed by atoms with E-state index >= 15 is 0 Å². The topological polar surface area (TPSA) is 114 Å². The highest BCUT2D eigenvalue weighted by Gasteiger charge is 2.34. The number of halogens is 1. The number of esters is 1. The van der Waals surface area contributed by atoms with Crippen LogP contribution in [-0.2, 0) is 16.1 Å². The Morgan fingerprint density at radius 1 is 1.15 bits per heavy atom. The van der Waals surface area contributed by atoms with Gasteiger partial charge in [0.05, 0.1) is 16.2 Å². The predicted octanol–water partition coefficient (Wildman–Crippen LogP) is 5.28. The van der Waals surface area contributed by atoms with Crippen LogP contribution in [0.15, 0.2) is 46.9 Å². The van der Waals surface area contributed by atoms with E-state index in [1.54, 1.807) is 26.8 Å². The van der Waals surface area contributed by atoms with Crippen molar-refractivity contribution in [2.24, 2.45) is 0 Å². The average molecular weight is 535 g/mol. The number of carbonyl (C=O) groups is 3. The van der Waals surface area contributed by atoms with Crippen molar-refractivity contribution in [3.05, 3.63) is 58.1 Å². The SMILES string of the molecule is CC(C)(C)OC(=O)c1c(NC(=O)OCc2ccccc2)ccc(Br)c1OC[C@H]1CCN1C(=O)O. The number of nitrogens with one attached hydrogen (secondary N) is 1. The number of carboxylic acid groups (broad SMARTS) is 1. The summed E-state index contributed by atoms with van der Waals surface area (Å²) in [6.45, 7) is 5.71. The molecule has 1 aliphatic rings. The van der Waals surface area contributed by atoms with Gasteiger partial charge in [-0.25, -0.2) is 14.4 Å². The molecule has 0 unspecified atom stereocenters. The second kappa shape index (κ2) is 10.8. The van der Waals surface area contributed by atoms with Gasteiger partial charge >= 0.3 is 18.2 Å². The molecule has 1 fully saturated rings. The van der Waals surface area contributed by atoms with Crippen molar-refractivity contribution in [3.8, 4) is 5.75 Å². The van der Waals surface area contributed by atoms with Gasteiger partial charge in [-0.15, -0.1) is 0 Å². The fourth-order valence-electron chi connectivity index (χ4n) is 3.25. The van der Waals surface area contributed by atoms with Crippen molar-refractivity contribution in [2.45, 2.75) is 45.4 Å². The third-order valence-corrected chi connectivity index (χ3v) is 5.60. The van der Waals surface area contributed by atoms with E-state index < -0.39 is 23.8 Å². The lowest BCUT2D eigenvalue weighted by Crippen LogP contribution is -2.53. The molecule has 1 aliphatic heterocycles. The van der Waals surface area contributed by atoms with Crippen LogP contribution in [0.3, 0.4) is 0 Å². The van der Waals surface area contributed by atoms with Crippen molar-refractivity contribution in [3.63, 3.8) is 0 Å². The van der Waals surface area contributed by atoms with Crippen molar-refractivity contribution in [1.82, 2.24) is 4.90 Å². The maximum Gasteiger partial charge on any atom is 0.411 e. The molecule has 0 aromatic heterocycles. The van der Waals surface area contributed by atoms with E-state index in [1.165, 1.54) is 11.0 Å². The molecule has 2 amide bonds. The van der Waals surface area contributed by atoms with Gasteiger partial charge in [-0.3, -0.25) is 5.32 Å². The number of carbonyl (C=O) groups excluding carboxylic acids is 2. The summed E-state index contributed by atoms with van der Waals surface area (Å²) >= 11 is 3.38. The van der Waals surface area contributed by atoms with Crippen LogP contribution in [0.2, 0.25) is 0 Å². The number of amides is 2. The molecular weight excluding hydrogens is 508 g/mol. The zero-order valence-electron chi connectivity index (χ0n) is 19.2. The number of hydrogen-bond donors (Lipinski definition) is 2. The monoisotopic (exact) mass is 534 g/mol. The maximum absolute atomic E-state index is 13.1. The van der Waals surface area contributed by atoms with Crippen molar-refractivity contribution < 1.29 is 33.7 Å². The average Bonchev–Trinajstić information content (AvgIpc) is 2.72. The lowest BCUT2D eigenvalue weighted by molar-refractivity contribution is 0.00619. The maximum atomic E-state index is 13.1. The first kappa shape index (κ1) is 25.4. The minimum absolute atomic E-state index is 0.00200. The lowest BCUT2D eigenvalue weighted by Gasteiger charge is -2.38. The summed E-state index contributed by atoms with van der Waals surface area (Å²) in [4.78, 5) is 38.1. The van der Waals surface area contributed by atoms with Gasteiger partial charge < -0.3 is 24.2 Å². The Bertz CT molecular complexity index is 1050. The summed E-state index contributed by atoms with van der Waals surface area (Å²) in [5, 5.41) is 11.8. The number of benzene rings is 2. The summed E-state index contributed by atoms with van der Waals surface area (Å²) in [6, 6.07) is 12.0. The lowest BCUT2D eigenvalue weighted by atomic mass is 10.1. The molecule has 0 saturated carbocycles. The Kier molecular flexibility index (Phi) is 8.03. The van der Waals surface area contributed by atoms with Gasteiger partial charge in [0.2, 0.25) is 0 Å². The van der Waals surface area contributed by atoms with Gasteiger partial charge in [0.25, 0.3) is 0 Å². The Hall–Kier alpha value is -3.27. The van der Waals surface area contributed by atoms with Crippen molar-refractivity contribution in [1.29, 1.82) is 0 Å². The fraction of sp³-hybridized carbons (Fsp3) is 0.375. The number of hydrogen-bond acceptors (Lipinski definition) is 6. The molecule has 0 radical (unpaired) electrons. The number of ether oxygens (including phenoxy) is 3. The van der Waals surface area contributed by atoms with Crippen molar-refractivity contribution >= 4 is 39.8 Å². The van der Waals surface area contributed by atoms with Crippen LogP contribution in [0.5, 0.6) is 5.75 Å². The Morgan fingerprint density at radius 2 is 1.85 bits per heavy atom. The molecule has 3 rings (SSSR count). The van der Waals surface area contributed by atoms with E-state index in [9.17, 15) is 19.5 Å². The number of anilines is 1. The van der Waals surface area contributed by atoms with E-state index in [-0.39, 0.29) is 36.3 Å². The second-order valence-electron chi connectivity index (χ2n) is 8.72. The smallest absolute Gasteiger partial charge is 0.411 e. The molecular formula is C24H27BrN2O7. The van der Waals surface area contributed by atoms with Gasteiger partial charge in [0.15, 0.2) is 0 Å². The largest absolute Gasteiger partial charge is 0.489 e. The third kappa shape index (κ3) is 6.63. The molecule has 0 spiro atoms. The normalized spacial score (nSPS) is 15.2. The second-order valence-corrected chi connectivity index (χ2v) is 9.57. The molecule has 2 aromatic carbocycles. The highest BCUT2D eigenvalue weighted by Crippen LogP contribution is 2.37. The summed E-state index contributed by atoms with van der Waals surface area (Å²) in [5.41, 5.74) is 0.167. The van der Waals surface area contributed by atoms with E-state index in [1.807, 2.05) is 30.3 Å². The minimum atomic E-state index is -1.03. The van der Waals surface area contributed by atoms with Gasteiger partial charge in [-0.05, 0) is 60.8 Å². The van der Waals surface area contributed by atoms with Crippen LogP contribution in [0, 0.1) is 0 Å². The minimum Gasteiger partial charge on any atom is -0.489 e. The van der Waals surface area contributed by atoms with Crippen LogP contribution >= 0.6 is 15.9 Å². The molecule has 34 heavy (non-hydrogen) atoms. The van der Waals surface area contributed by atoms with E-state index in [4.69, 9.17) is 14.2 Å². The first-order valence-corrected chi connectivity index (χ1v) is 11.5. The van der Waals surface area contributed by atoms with Crippen molar-refractivity contribution in [2.75, 3.05) is 18.5 Å². The molecule has 2 aromatic rings. The summed E-state index contributed by atoms with van der Waals surface area (Å²) in [7, 11) is 0. The highest BCUT2D eigenvalue weighted by atomic mass is 79.9. The van der Waals surface area contributed by atoms with Crippen LogP contribution < -0.4 is 10.1 Å². The van der Waals surface area contributed by atoms with Gasteiger partial charge in [0, 0.05) is 6.54 Å². The van der Waals surface area contributed by atoms with Crippen LogP contribution in [0.1, 0.15) is 43.1 Å². The first-order chi connectivity index (χ1) is 16.0. The molecule has 1 saturated heterocycles. The summed E-state index contributed by atoms with van der Waals surface area (Å²) in [6.07, 6.45) is -1.13. The zero-order valence-corrected chi connectivity index (χ0v) is 20.8. The third-order valence-electron chi connectivity index (χ3n) is 4.97. The van der Waals surface area contributed by atoms with Gasteiger partial charge in [-0.1, -0.05) is 30.3 Å². The number of rotatable bonds is 7. The van der Waals surface area contributed by atoms with Crippen LogP contribution in [0.4, 0.5) is 15.3 Å². The van der Waals surface area contributed by atoms with Crippen LogP contribution in [-0.4, -0.2) is 53.0 Å². The quantitative estimate of drug-likeness (QED) is 0.464. The van der Waals surface area contributed by atoms with Gasteiger partial charge in [-0.2, -0.15) is 0 Å². The highest BCUT2D eigenvalue weighted by molar-refractivity contribution is 9.10. The number of nitrogens with zero attached hydrogens (tertiary/aromatic N) is 1. The first-order valence-electron chi connectivity index (χ1n) is 10.7. The molecule has 9 nitrogen and oxygen atoms in total. The Labute approximate surface area is 206 Å². The molecule has 2 N–H and O–H groups in total. The predicted molar refractivity (Wildman–Crippen MR) is 128 cm³/mol. The van der Waals surface area contributed by atoms with E-state index in [0.717, 1.165) is 5.56 Å². The molecule has 0 aliphatic carbocycles. The molecule has 10 heteroatoms.